The highest BCUT2D eigenvalue weighted by Crippen LogP contribution is 2.26. The van der Waals surface area contributed by atoms with Gasteiger partial charge in [-0.15, -0.1) is 0 Å². The Kier molecular flexibility index (Phi) is 4.33. The lowest BCUT2D eigenvalue weighted by atomic mass is 9.96. The minimum absolute atomic E-state index is 0.260. The van der Waals surface area contributed by atoms with Gasteiger partial charge in [0, 0.05) is 25.2 Å². The van der Waals surface area contributed by atoms with Gasteiger partial charge in [-0.3, -0.25) is 4.90 Å². The molecule has 4 nitrogen and oxygen atoms in total. The summed E-state index contributed by atoms with van der Waals surface area (Å²) in [6.07, 6.45) is 0. The predicted octanol–water partition coefficient (Wildman–Crippen LogP) is 2.71. The van der Waals surface area contributed by atoms with E-state index in [4.69, 9.17) is 9.47 Å². The first-order valence-electron chi connectivity index (χ1n) is 6.95. The molecular formula is C16H23NO3. The van der Waals surface area contributed by atoms with Crippen molar-refractivity contribution >= 4 is 5.97 Å². The highest BCUT2D eigenvalue weighted by atomic mass is 16.5. The summed E-state index contributed by atoms with van der Waals surface area (Å²) >= 11 is 0. The van der Waals surface area contributed by atoms with E-state index in [2.05, 4.69) is 25.7 Å². The Morgan fingerprint density at radius 1 is 1.40 bits per heavy atom. The number of rotatable bonds is 2. The van der Waals surface area contributed by atoms with E-state index in [0.717, 1.165) is 30.9 Å². The van der Waals surface area contributed by atoms with Gasteiger partial charge in [-0.1, -0.05) is 26.8 Å². The van der Waals surface area contributed by atoms with Crippen molar-refractivity contribution in [3.8, 4) is 5.75 Å². The smallest absolute Gasteiger partial charge is 0.337 e. The number of hydrogen-bond acceptors (Lipinski definition) is 4. The second-order valence-electron chi connectivity index (χ2n) is 6.43. The van der Waals surface area contributed by atoms with Gasteiger partial charge >= 0.3 is 5.97 Å². The number of carbonyl (C=O) groups is 1. The Labute approximate surface area is 120 Å². The molecule has 20 heavy (non-hydrogen) atoms. The monoisotopic (exact) mass is 277 g/mol. The maximum Gasteiger partial charge on any atom is 0.337 e. The summed E-state index contributed by atoms with van der Waals surface area (Å²) in [7, 11) is 1.39. The molecule has 0 bridgehead atoms. The Bertz CT molecular complexity index is 491. The van der Waals surface area contributed by atoms with E-state index in [9.17, 15) is 4.79 Å². The van der Waals surface area contributed by atoms with Crippen LogP contribution in [0.3, 0.4) is 0 Å². The van der Waals surface area contributed by atoms with Crippen LogP contribution in [0.25, 0.3) is 0 Å². The minimum atomic E-state index is -0.327. The SMILES string of the molecule is COC(=O)c1ccc2c(c1)OCCN(CC(C)(C)C)C2. The number of hydrogen-bond donors (Lipinski definition) is 0. The summed E-state index contributed by atoms with van der Waals surface area (Å²) in [5, 5.41) is 0. The van der Waals surface area contributed by atoms with Crippen LogP contribution in [0.1, 0.15) is 36.7 Å². The van der Waals surface area contributed by atoms with Crippen LogP contribution in [0.5, 0.6) is 5.75 Å². The molecule has 0 amide bonds. The summed E-state index contributed by atoms with van der Waals surface area (Å²) in [5.74, 6) is 0.469. The summed E-state index contributed by atoms with van der Waals surface area (Å²) < 4.78 is 10.5. The third-order valence-corrected chi connectivity index (χ3v) is 3.25. The molecule has 1 aliphatic rings. The second kappa shape index (κ2) is 5.83. The average molecular weight is 277 g/mol. The molecule has 2 rings (SSSR count). The van der Waals surface area contributed by atoms with Crippen molar-refractivity contribution in [2.45, 2.75) is 27.3 Å². The highest BCUT2D eigenvalue weighted by molar-refractivity contribution is 5.89. The maximum absolute atomic E-state index is 11.5. The van der Waals surface area contributed by atoms with Gasteiger partial charge in [-0.25, -0.2) is 4.79 Å². The summed E-state index contributed by atoms with van der Waals surface area (Å²) in [6, 6.07) is 5.54. The number of fused-ring (bicyclic) bond motifs is 1. The molecule has 1 aromatic rings. The Morgan fingerprint density at radius 2 is 2.15 bits per heavy atom. The van der Waals surface area contributed by atoms with Crippen molar-refractivity contribution in [1.29, 1.82) is 0 Å². The van der Waals surface area contributed by atoms with Crippen molar-refractivity contribution in [2.24, 2.45) is 5.41 Å². The highest BCUT2D eigenvalue weighted by Gasteiger charge is 2.21. The van der Waals surface area contributed by atoms with Crippen molar-refractivity contribution in [3.05, 3.63) is 29.3 Å². The van der Waals surface area contributed by atoms with Crippen LogP contribution in [0.4, 0.5) is 0 Å². The minimum Gasteiger partial charge on any atom is -0.492 e. The van der Waals surface area contributed by atoms with Gasteiger partial charge in [0.15, 0.2) is 0 Å². The van der Waals surface area contributed by atoms with E-state index >= 15 is 0 Å². The first kappa shape index (κ1) is 14.9. The van der Waals surface area contributed by atoms with Gasteiger partial charge in [0.2, 0.25) is 0 Å². The lowest BCUT2D eigenvalue weighted by Crippen LogP contribution is -2.33. The van der Waals surface area contributed by atoms with Crippen LogP contribution in [0.2, 0.25) is 0 Å². The van der Waals surface area contributed by atoms with Crippen LogP contribution in [-0.4, -0.2) is 37.7 Å². The van der Waals surface area contributed by atoms with Gasteiger partial charge in [0.1, 0.15) is 12.4 Å². The number of methoxy groups -OCH3 is 1. The molecule has 0 N–H and O–H groups in total. The van der Waals surface area contributed by atoms with Crippen molar-refractivity contribution in [2.75, 3.05) is 26.8 Å². The Hall–Kier alpha value is -1.55. The molecule has 0 unspecified atom stereocenters. The van der Waals surface area contributed by atoms with E-state index < -0.39 is 0 Å². The molecule has 0 aliphatic carbocycles. The van der Waals surface area contributed by atoms with Crippen molar-refractivity contribution in [1.82, 2.24) is 4.90 Å². The standard InChI is InChI=1S/C16H23NO3/c1-16(2,3)11-17-7-8-20-14-9-12(15(18)19-4)5-6-13(14)10-17/h5-6,9H,7-8,10-11H2,1-4H3. The van der Waals surface area contributed by atoms with Crippen molar-refractivity contribution in [3.63, 3.8) is 0 Å². The zero-order chi connectivity index (χ0) is 14.8. The molecule has 1 aliphatic heterocycles. The molecule has 0 radical (unpaired) electrons. The maximum atomic E-state index is 11.5. The molecule has 1 aromatic carbocycles. The lowest BCUT2D eigenvalue weighted by molar-refractivity contribution is 0.0600. The molecule has 0 fully saturated rings. The fourth-order valence-electron chi connectivity index (χ4n) is 2.47. The van der Waals surface area contributed by atoms with Crippen LogP contribution in [-0.2, 0) is 11.3 Å². The second-order valence-corrected chi connectivity index (χ2v) is 6.43. The molecule has 0 spiro atoms. The summed E-state index contributed by atoms with van der Waals surface area (Å²) in [4.78, 5) is 13.9. The van der Waals surface area contributed by atoms with E-state index in [1.54, 1.807) is 12.1 Å². The largest absolute Gasteiger partial charge is 0.492 e. The molecule has 4 heteroatoms. The molecule has 110 valence electrons. The van der Waals surface area contributed by atoms with E-state index in [-0.39, 0.29) is 11.4 Å². The fourth-order valence-corrected chi connectivity index (χ4v) is 2.47. The number of nitrogens with zero attached hydrogens (tertiary/aromatic N) is 1. The zero-order valence-corrected chi connectivity index (χ0v) is 12.7. The number of ether oxygens (including phenoxy) is 2. The van der Waals surface area contributed by atoms with Gasteiger partial charge in [-0.2, -0.15) is 0 Å². The molecule has 1 heterocycles. The van der Waals surface area contributed by atoms with Crippen molar-refractivity contribution < 1.29 is 14.3 Å². The number of carbonyl (C=O) groups excluding carboxylic acids is 1. The molecule has 0 saturated carbocycles. The van der Waals surface area contributed by atoms with E-state index in [1.807, 2.05) is 6.07 Å². The quantitative estimate of drug-likeness (QED) is 0.779. The molecular weight excluding hydrogens is 254 g/mol. The molecule has 0 aromatic heterocycles. The summed E-state index contributed by atoms with van der Waals surface area (Å²) in [6.45, 7) is 10.1. The Balaban J connectivity index is 2.18. The number of benzene rings is 1. The van der Waals surface area contributed by atoms with E-state index in [0.29, 0.717) is 12.2 Å². The fraction of sp³-hybridized carbons (Fsp3) is 0.562. The molecule has 0 saturated heterocycles. The predicted molar refractivity (Wildman–Crippen MR) is 78.0 cm³/mol. The van der Waals surface area contributed by atoms with Gasteiger partial charge in [0.25, 0.3) is 0 Å². The third kappa shape index (κ3) is 3.73. The van der Waals surface area contributed by atoms with Crippen LogP contribution in [0, 0.1) is 5.41 Å². The summed E-state index contributed by atoms with van der Waals surface area (Å²) in [5.41, 5.74) is 1.92. The van der Waals surface area contributed by atoms with Crippen LogP contribution >= 0.6 is 0 Å². The first-order valence-corrected chi connectivity index (χ1v) is 6.95. The third-order valence-electron chi connectivity index (χ3n) is 3.25. The average Bonchev–Trinajstić information content (AvgIpc) is 2.56. The lowest BCUT2D eigenvalue weighted by Gasteiger charge is -2.28. The van der Waals surface area contributed by atoms with Gasteiger partial charge in [0.05, 0.1) is 12.7 Å². The number of esters is 1. The van der Waals surface area contributed by atoms with Gasteiger partial charge in [-0.05, 0) is 17.5 Å². The topological polar surface area (TPSA) is 38.8 Å². The van der Waals surface area contributed by atoms with E-state index in [1.165, 1.54) is 7.11 Å². The van der Waals surface area contributed by atoms with Gasteiger partial charge < -0.3 is 9.47 Å². The zero-order valence-electron chi connectivity index (χ0n) is 12.7. The molecule has 0 atom stereocenters. The normalized spacial score (nSPS) is 16.0. The van der Waals surface area contributed by atoms with Crippen LogP contribution < -0.4 is 4.74 Å². The van der Waals surface area contributed by atoms with Crippen LogP contribution in [0.15, 0.2) is 18.2 Å². The first-order chi connectivity index (χ1) is 9.39. The Morgan fingerprint density at radius 3 is 2.80 bits per heavy atom.